The second-order valence-electron chi connectivity index (χ2n) is 32.1. The van der Waals surface area contributed by atoms with Crippen LogP contribution in [0.1, 0.15) is 224 Å². The molecule has 0 aliphatic heterocycles. The van der Waals surface area contributed by atoms with Crippen LogP contribution in [0.4, 0.5) is 17.1 Å². The van der Waals surface area contributed by atoms with Gasteiger partial charge in [0, 0.05) is 108 Å². The summed E-state index contributed by atoms with van der Waals surface area (Å²) in [4.78, 5) is 39.1. The van der Waals surface area contributed by atoms with E-state index in [0.717, 1.165) is 127 Å². The number of nitrogens with one attached hydrogen (secondary N) is 3. The molecule has 6 N–H and O–H groups in total. The van der Waals surface area contributed by atoms with Crippen LogP contribution in [-0.4, -0.2) is 99.0 Å². The van der Waals surface area contributed by atoms with Crippen molar-refractivity contribution >= 4 is 67.5 Å². The minimum absolute atomic E-state index is 0.00221. The van der Waals surface area contributed by atoms with E-state index in [0.29, 0.717) is 98.4 Å². The number of nitrogens with zero attached hydrogens (tertiary/aromatic N) is 9. The Hall–Kier alpha value is -9.39. The monoisotopic (exact) mass is 1400 g/mol. The number of benzene rings is 3. The molecule has 0 atom stereocenters. The highest BCUT2D eigenvalue weighted by atomic mass is 16.5. The SMILES string of the molecule is CC(C)(O)C1CC(n2cc3cc(NC(=O)c4cccc(C5CC5)[n+]4[O-])c(OCC4CC4)cc3n2)C1.CC(C)c1cccc(C(=O)Nc2cc3cn(C4CC(C(C)(C)O)C4)nc3cc2OCC2CC2)[n+]1[O-].Cc1cccc(C(=O)Nc2cc3cn(C4CC(C(C)(C)O)C4)nc3cc2OCC2CC2)[n+]1[O-]. The van der Waals surface area contributed by atoms with E-state index >= 15 is 0 Å². The summed E-state index contributed by atoms with van der Waals surface area (Å²) >= 11 is 0. The molecule has 0 saturated heterocycles. The van der Waals surface area contributed by atoms with E-state index in [1.54, 1.807) is 49.4 Å². The van der Waals surface area contributed by atoms with Gasteiger partial charge < -0.3 is 61.1 Å². The molecule has 24 nitrogen and oxygen atoms in total. The van der Waals surface area contributed by atoms with Crippen molar-refractivity contribution < 1.29 is 58.1 Å². The molecule has 0 unspecified atom stereocenters. The number of anilines is 3. The number of hydrogen-bond donors (Lipinski definition) is 6. The van der Waals surface area contributed by atoms with Crippen LogP contribution in [0, 0.1) is 58.1 Å². The van der Waals surface area contributed by atoms with Gasteiger partial charge in [0.25, 0.3) is 17.1 Å². The summed E-state index contributed by atoms with van der Waals surface area (Å²) in [7, 11) is 0. The van der Waals surface area contributed by atoms with Crippen molar-refractivity contribution in [2.45, 2.75) is 199 Å². The van der Waals surface area contributed by atoms with Gasteiger partial charge in [-0.25, -0.2) is 0 Å². The minimum Gasteiger partial charge on any atom is -0.618 e. The lowest BCUT2D eigenvalue weighted by molar-refractivity contribution is -0.617. The van der Waals surface area contributed by atoms with Crippen molar-refractivity contribution in [2.24, 2.45) is 35.5 Å². The van der Waals surface area contributed by atoms with Gasteiger partial charge in [0.15, 0.2) is 17.1 Å². The molecule has 6 heterocycles. The molecule has 103 heavy (non-hydrogen) atoms. The average molecular weight is 1410 g/mol. The molecule has 544 valence electrons. The predicted octanol–water partition coefficient (Wildman–Crippen LogP) is 12.6. The molecule has 6 aromatic heterocycles. The van der Waals surface area contributed by atoms with E-state index in [-0.39, 0.29) is 64.8 Å². The summed E-state index contributed by atoms with van der Waals surface area (Å²) in [6.45, 7) is 18.4. The molecule has 3 aromatic carbocycles. The zero-order valence-electron chi connectivity index (χ0n) is 60.3. The minimum atomic E-state index is -0.685. The Bertz CT molecular complexity index is 4470. The van der Waals surface area contributed by atoms with Crippen LogP contribution in [-0.2, 0) is 0 Å². The number of rotatable bonds is 23. The largest absolute Gasteiger partial charge is 0.618 e. The van der Waals surface area contributed by atoms with Crippen molar-refractivity contribution in [2.75, 3.05) is 35.8 Å². The van der Waals surface area contributed by atoms with Gasteiger partial charge in [0.2, 0.25) is 0 Å². The van der Waals surface area contributed by atoms with Crippen molar-refractivity contribution in [3.63, 3.8) is 0 Å². The lowest BCUT2D eigenvalue weighted by Crippen LogP contribution is -2.41. The molecule has 24 heteroatoms. The second kappa shape index (κ2) is 28.0. The first-order valence-electron chi connectivity index (χ1n) is 36.8. The van der Waals surface area contributed by atoms with Crippen molar-refractivity contribution in [1.82, 2.24) is 29.3 Å². The fourth-order valence-electron chi connectivity index (χ4n) is 13.8. The highest BCUT2D eigenvalue weighted by Crippen LogP contribution is 2.48. The standard InChI is InChI=1S/C27H32N4O4.C27H34N4O4.C25H30N4O4/c1-27(2,33)19-11-20(12-19)30-14-18-10-22(25(13-21(18)29-30)35-15-16-6-7-16)28-26(32)24-5-3-4-23(31(24)34)17-8-9-17;1-16(2)23-6-5-7-24(31(23)34)26(32)28-22-10-18-14-30(20-11-19(12-20)27(3,4)33)29-21(18)13-25(22)35-15-17-8-9-17;1-15-5-4-6-22(29(15)32)24(30)26-21-9-17-13-28(19-10-18(11-19)25(2,3)31)27-20(17)12-23(21)33-14-16-7-8-16/h3-5,10,13-14,16-17,19-20,33H,6-9,11-12,15H2,1-2H3,(H,28,32);5-7,10,13-14,16-17,19-20,33H,8-9,11-12,15H2,1-4H3,(H,28,32);4-6,9,12-13,16,18-19,31H,7-8,10-11,14H2,1-3H3,(H,26,30). The summed E-state index contributed by atoms with van der Waals surface area (Å²) in [6.07, 6.45) is 20.1. The highest BCUT2D eigenvalue weighted by Gasteiger charge is 2.43. The summed E-state index contributed by atoms with van der Waals surface area (Å²) < 4.78 is 26.2. The van der Waals surface area contributed by atoms with Gasteiger partial charge >= 0.3 is 17.7 Å². The third-order valence-electron chi connectivity index (χ3n) is 22.0. The van der Waals surface area contributed by atoms with Crippen LogP contribution >= 0.6 is 0 Å². The Balaban J connectivity index is 0.000000131. The molecule has 0 spiro atoms. The van der Waals surface area contributed by atoms with Crippen molar-refractivity contribution in [3.05, 3.63) is 159 Å². The molecule has 7 fully saturated rings. The quantitative estimate of drug-likeness (QED) is 0.0256. The van der Waals surface area contributed by atoms with Crippen LogP contribution in [0.5, 0.6) is 17.2 Å². The Morgan fingerprint density at radius 2 is 0.816 bits per heavy atom. The topological polar surface area (TPSA) is 310 Å². The van der Waals surface area contributed by atoms with Gasteiger partial charge in [-0.2, -0.15) is 29.5 Å². The van der Waals surface area contributed by atoms with E-state index in [1.165, 1.54) is 12.1 Å². The van der Waals surface area contributed by atoms with Gasteiger partial charge in [-0.15, -0.1) is 0 Å². The van der Waals surface area contributed by atoms with E-state index in [4.69, 9.17) is 29.5 Å². The maximum absolute atomic E-state index is 13.1. The Morgan fingerprint density at radius 1 is 0.485 bits per heavy atom. The number of aryl methyl sites for hydroxylation is 1. The number of amides is 3. The summed E-state index contributed by atoms with van der Waals surface area (Å²) in [5.41, 5.74) is 3.76. The lowest BCUT2D eigenvalue weighted by atomic mass is 9.71. The van der Waals surface area contributed by atoms with Crippen LogP contribution < -0.4 is 44.4 Å². The predicted molar refractivity (Wildman–Crippen MR) is 389 cm³/mol. The third kappa shape index (κ3) is 16.1. The fraction of sp³-hybridized carbons (Fsp3) is 0.506. The van der Waals surface area contributed by atoms with Crippen LogP contribution in [0.25, 0.3) is 32.7 Å². The fourth-order valence-corrected chi connectivity index (χ4v) is 13.8. The molecule has 0 bridgehead atoms. The summed E-state index contributed by atoms with van der Waals surface area (Å²) in [5.74, 6) is 2.97. The van der Waals surface area contributed by atoms with Crippen LogP contribution in [0.3, 0.4) is 0 Å². The Morgan fingerprint density at radius 3 is 1.15 bits per heavy atom. The van der Waals surface area contributed by atoms with Crippen molar-refractivity contribution in [3.8, 4) is 17.2 Å². The number of hydrogen-bond acceptors (Lipinski definition) is 15. The normalized spacial score (nSPS) is 20.9. The zero-order valence-corrected chi connectivity index (χ0v) is 60.3. The molecule has 7 saturated carbocycles. The van der Waals surface area contributed by atoms with E-state index in [9.17, 15) is 45.3 Å². The molecule has 7 aliphatic carbocycles. The number of carbonyl (C=O) groups excluding carboxylic acids is 3. The number of ether oxygens (including phenoxy) is 3. The van der Waals surface area contributed by atoms with Crippen LogP contribution in [0.2, 0.25) is 0 Å². The number of fused-ring (bicyclic) bond motifs is 3. The first-order chi connectivity index (χ1) is 49.0. The molecule has 0 radical (unpaired) electrons. The first kappa shape index (κ1) is 70.6. The lowest BCUT2D eigenvalue weighted by Gasteiger charge is -2.42. The molecule has 9 aromatic rings. The van der Waals surface area contributed by atoms with Gasteiger partial charge in [0.1, 0.15) is 17.2 Å². The van der Waals surface area contributed by atoms with E-state index in [2.05, 4.69) is 16.0 Å². The molecule has 3 amide bonds. The summed E-state index contributed by atoms with van der Waals surface area (Å²) in [5, 5.41) is 94.3. The van der Waals surface area contributed by atoms with E-state index < -0.39 is 34.5 Å². The Kier molecular flexibility index (Phi) is 19.2. The number of aromatic nitrogens is 9. The second-order valence-corrected chi connectivity index (χ2v) is 32.1. The van der Waals surface area contributed by atoms with Gasteiger partial charge in [-0.05, 0) is 203 Å². The number of aliphatic hydroxyl groups is 3. The van der Waals surface area contributed by atoms with Crippen LogP contribution in [0.15, 0.2) is 110 Å². The molecule has 7 aliphatic rings. The smallest absolute Gasteiger partial charge is 0.321 e. The van der Waals surface area contributed by atoms with Gasteiger partial charge in [-0.3, -0.25) is 28.4 Å². The van der Waals surface area contributed by atoms with E-state index in [1.807, 2.05) is 124 Å². The van der Waals surface area contributed by atoms with Gasteiger partial charge in [0.05, 0.1) is 88.4 Å². The Labute approximate surface area is 599 Å². The number of pyridine rings is 3. The molecular weight excluding hydrogens is 1310 g/mol. The zero-order chi connectivity index (χ0) is 72.6. The third-order valence-corrected chi connectivity index (χ3v) is 22.0. The highest BCUT2D eigenvalue weighted by molar-refractivity contribution is 6.06. The summed E-state index contributed by atoms with van der Waals surface area (Å²) in [6, 6.07) is 26.9. The molecular formula is C79H96N12O12. The molecule has 16 rings (SSSR count). The number of carbonyl (C=O) groups is 3. The average Bonchev–Trinajstić information content (AvgIpc) is 1.19. The first-order valence-corrected chi connectivity index (χ1v) is 36.8. The van der Waals surface area contributed by atoms with Gasteiger partial charge in [-0.1, -0.05) is 13.8 Å². The maximum Gasteiger partial charge on any atom is 0.321 e. The maximum atomic E-state index is 13.1. The van der Waals surface area contributed by atoms with Crippen molar-refractivity contribution in [1.29, 1.82) is 0 Å².